The smallest absolute Gasteiger partial charge is 0.256 e. The molecule has 0 radical (unpaired) electrons. The molecule has 3 aliphatic rings. The Balaban J connectivity index is 1.53. The highest BCUT2D eigenvalue weighted by Gasteiger charge is 2.48. The fourth-order valence-corrected chi connectivity index (χ4v) is 4.51. The van der Waals surface area contributed by atoms with E-state index in [-0.39, 0.29) is 11.9 Å². The van der Waals surface area contributed by atoms with Crippen molar-refractivity contribution < 1.29 is 4.79 Å². The number of aryl methyl sites for hydroxylation is 1. The molecular formula is C15H18ClN3O. The lowest BCUT2D eigenvalue weighted by molar-refractivity contribution is 0.0926. The molecule has 106 valence electrons. The van der Waals surface area contributed by atoms with E-state index in [0.29, 0.717) is 16.6 Å². The van der Waals surface area contributed by atoms with E-state index in [0.717, 1.165) is 18.3 Å². The van der Waals surface area contributed by atoms with Crippen LogP contribution in [0.1, 0.15) is 36.0 Å². The van der Waals surface area contributed by atoms with Gasteiger partial charge in [0.05, 0.1) is 11.8 Å². The highest BCUT2D eigenvalue weighted by molar-refractivity contribution is 6.32. The number of aromatic nitrogens is 2. The quantitative estimate of drug-likeness (QED) is 0.851. The van der Waals surface area contributed by atoms with Crippen molar-refractivity contribution in [3.63, 3.8) is 0 Å². The van der Waals surface area contributed by atoms with Crippen molar-refractivity contribution in [2.75, 3.05) is 0 Å². The standard InChI is InChI=1S/C15H18ClN3O/c1-19-14(16)12(7-17-19)15(20)18-13-6-9-3-2-8-4-10(9)11(13)5-8/h3,7-8,10-11,13H,2,4-6H2,1H3,(H,18,20). The maximum absolute atomic E-state index is 12.4. The molecule has 20 heavy (non-hydrogen) atoms. The average molecular weight is 292 g/mol. The molecule has 1 aromatic heterocycles. The number of nitrogens with one attached hydrogen (secondary N) is 1. The fraction of sp³-hybridized carbons (Fsp3) is 0.600. The second-order valence-corrected chi connectivity index (χ2v) is 6.74. The van der Waals surface area contributed by atoms with Crippen LogP contribution in [-0.4, -0.2) is 21.7 Å². The average Bonchev–Trinajstić information content (AvgIpc) is 3.03. The minimum atomic E-state index is -0.0860. The molecule has 2 saturated carbocycles. The fourth-order valence-electron chi connectivity index (χ4n) is 4.33. The van der Waals surface area contributed by atoms with Gasteiger partial charge < -0.3 is 5.32 Å². The molecule has 5 heteroatoms. The van der Waals surface area contributed by atoms with Gasteiger partial charge in [-0.2, -0.15) is 5.10 Å². The van der Waals surface area contributed by atoms with Crippen molar-refractivity contribution in [2.45, 2.75) is 31.7 Å². The monoisotopic (exact) mass is 291 g/mol. The van der Waals surface area contributed by atoms with Crippen molar-refractivity contribution >= 4 is 17.5 Å². The number of fused-ring (bicyclic) bond motifs is 1. The lowest BCUT2D eigenvalue weighted by Gasteiger charge is -2.20. The van der Waals surface area contributed by atoms with Gasteiger partial charge in [0.25, 0.3) is 5.91 Å². The first kappa shape index (κ1) is 12.5. The third-order valence-electron chi connectivity index (χ3n) is 5.30. The maximum atomic E-state index is 12.4. The van der Waals surface area contributed by atoms with E-state index in [1.54, 1.807) is 18.8 Å². The molecule has 2 fully saturated rings. The van der Waals surface area contributed by atoms with Gasteiger partial charge in [-0.05, 0) is 43.4 Å². The van der Waals surface area contributed by atoms with E-state index in [2.05, 4.69) is 16.5 Å². The lowest BCUT2D eigenvalue weighted by atomic mass is 9.89. The van der Waals surface area contributed by atoms with Gasteiger partial charge in [-0.15, -0.1) is 0 Å². The summed E-state index contributed by atoms with van der Waals surface area (Å²) in [6, 6.07) is 0.278. The first-order valence-electron chi connectivity index (χ1n) is 7.30. The number of hydrogen-bond acceptors (Lipinski definition) is 2. The number of amides is 1. The van der Waals surface area contributed by atoms with E-state index in [1.807, 2.05) is 0 Å². The predicted molar refractivity (Wildman–Crippen MR) is 76.5 cm³/mol. The van der Waals surface area contributed by atoms with Crippen LogP contribution in [0.25, 0.3) is 0 Å². The molecule has 0 saturated heterocycles. The second-order valence-electron chi connectivity index (χ2n) is 6.38. The highest BCUT2D eigenvalue weighted by atomic mass is 35.5. The van der Waals surface area contributed by atoms with Crippen LogP contribution in [0.2, 0.25) is 5.15 Å². The van der Waals surface area contributed by atoms with E-state index < -0.39 is 0 Å². The number of allylic oxidation sites excluding steroid dienone is 1. The SMILES string of the molecule is Cn1ncc(C(=O)NC2CC3=CCC4CC3C2C4)c1Cl. The molecule has 0 spiro atoms. The van der Waals surface area contributed by atoms with E-state index >= 15 is 0 Å². The Labute approximate surface area is 123 Å². The minimum absolute atomic E-state index is 0.0860. The van der Waals surface area contributed by atoms with Gasteiger partial charge in [-0.3, -0.25) is 9.48 Å². The van der Waals surface area contributed by atoms with Crippen LogP contribution in [0, 0.1) is 17.8 Å². The summed E-state index contributed by atoms with van der Waals surface area (Å²) in [5.41, 5.74) is 2.06. The summed E-state index contributed by atoms with van der Waals surface area (Å²) in [5, 5.41) is 7.62. The third-order valence-corrected chi connectivity index (χ3v) is 5.75. The second kappa shape index (κ2) is 4.35. The van der Waals surface area contributed by atoms with Crippen LogP contribution in [0.5, 0.6) is 0 Å². The van der Waals surface area contributed by atoms with Crippen molar-refractivity contribution in [3.05, 3.63) is 28.6 Å². The Morgan fingerprint density at radius 1 is 1.50 bits per heavy atom. The molecule has 4 atom stereocenters. The topological polar surface area (TPSA) is 46.9 Å². The zero-order valence-corrected chi connectivity index (χ0v) is 12.2. The van der Waals surface area contributed by atoms with Gasteiger partial charge in [-0.25, -0.2) is 0 Å². The van der Waals surface area contributed by atoms with Gasteiger partial charge in [0.15, 0.2) is 0 Å². The van der Waals surface area contributed by atoms with Crippen molar-refractivity contribution in [1.82, 2.24) is 15.1 Å². The van der Waals surface area contributed by atoms with Crippen LogP contribution in [0.15, 0.2) is 17.8 Å². The van der Waals surface area contributed by atoms with Gasteiger partial charge in [0.1, 0.15) is 5.15 Å². The molecule has 1 amide bonds. The molecule has 1 N–H and O–H groups in total. The zero-order valence-electron chi connectivity index (χ0n) is 11.5. The first-order valence-corrected chi connectivity index (χ1v) is 7.68. The van der Waals surface area contributed by atoms with Crippen LogP contribution in [0.4, 0.5) is 0 Å². The molecule has 4 unspecified atom stereocenters. The summed E-state index contributed by atoms with van der Waals surface area (Å²) in [5.74, 6) is 2.11. The third kappa shape index (κ3) is 1.74. The zero-order chi connectivity index (χ0) is 13.9. The normalized spacial score (nSPS) is 34.2. The molecule has 4 rings (SSSR count). The minimum Gasteiger partial charge on any atom is -0.349 e. The first-order chi connectivity index (χ1) is 9.63. The van der Waals surface area contributed by atoms with Gasteiger partial charge in [-0.1, -0.05) is 23.3 Å². The molecule has 2 bridgehead atoms. The van der Waals surface area contributed by atoms with Gasteiger partial charge >= 0.3 is 0 Å². The maximum Gasteiger partial charge on any atom is 0.256 e. The number of carbonyl (C=O) groups excluding carboxylic acids is 1. The summed E-state index contributed by atoms with van der Waals surface area (Å²) in [6.07, 6.45) is 8.82. The number of halogens is 1. The summed E-state index contributed by atoms with van der Waals surface area (Å²) in [6.45, 7) is 0. The van der Waals surface area contributed by atoms with Crippen molar-refractivity contribution in [3.8, 4) is 0 Å². The molecule has 3 aliphatic carbocycles. The van der Waals surface area contributed by atoms with Crippen LogP contribution in [0.3, 0.4) is 0 Å². The summed E-state index contributed by atoms with van der Waals surface area (Å²) >= 11 is 6.09. The largest absolute Gasteiger partial charge is 0.349 e. The number of hydrogen-bond donors (Lipinski definition) is 1. The Bertz CT molecular complexity index is 606. The summed E-state index contributed by atoms with van der Waals surface area (Å²) < 4.78 is 1.52. The molecular weight excluding hydrogens is 274 g/mol. The van der Waals surface area contributed by atoms with Crippen LogP contribution < -0.4 is 5.32 Å². The predicted octanol–water partition coefficient (Wildman–Crippen LogP) is 2.55. The van der Waals surface area contributed by atoms with E-state index in [4.69, 9.17) is 11.6 Å². The van der Waals surface area contributed by atoms with Gasteiger partial charge in [0.2, 0.25) is 0 Å². The van der Waals surface area contributed by atoms with E-state index in [9.17, 15) is 4.79 Å². The number of nitrogens with zero attached hydrogens (tertiary/aromatic N) is 2. The number of rotatable bonds is 2. The molecule has 0 aromatic carbocycles. The summed E-state index contributed by atoms with van der Waals surface area (Å²) in [4.78, 5) is 12.4. The Morgan fingerprint density at radius 3 is 3.10 bits per heavy atom. The Hall–Kier alpha value is -1.29. The number of carbonyl (C=O) groups is 1. The molecule has 1 aromatic rings. The highest BCUT2D eigenvalue weighted by Crippen LogP contribution is 2.54. The molecule has 1 heterocycles. The van der Waals surface area contributed by atoms with Crippen molar-refractivity contribution in [1.29, 1.82) is 0 Å². The van der Waals surface area contributed by atoms with Crippen LogP contribution >= 0.6 is 11.6 Å². The summed E-state index contributed by atoms with van der Waals surface area (Å²) in [7, 11) is 1.74. The Morgan fingerprint density at radius 2 is 2.35 bits per heavy atom. The van der Waals surface area contributed by atoms with Crippen molar-refractivity contribution in [2.24, 2.45) is 24.8 Å². The van der Waals surface area contributed by atoms with Crippen LogP contribution in [-0.2, 0) is 7.05 Å². The van der Waals surface area contributed by atoms with Gasteiger partial charge in [0, 0.05) is 13.1 Å². The molecule has 4 nitrogen and oxygen atoms in total. The van der Waals surface area contributed by atoms with E-state index in [1.165, 1.54) is 23.9 Å². The lowest BCUT2D eigenvalue weighted by Crippen LogP contribution is -2.37. The molecule has 0 aliphatic heterocycles. The Kier molecular flexibility index (Phi) is 2.71.